The van der Waals surface area contributed by atoms with Gasteiger partial charge >= 0.3 is 0 Å². The standard InChI is InChI=1S/C18H24N2/c1-2-14-6-5-8-16(12-14)19-13-17-11-10-15-7-3-4-9-18(15)20-17/h3-4,7,9-11,14,16,19H,2,5-6,8,12-13H2,1H3. The van der Waals surface area contributed by atoms with Crippen molar-refractivity contribution < 1.29 is 0 Å². The lowest BCUT2D eigenvalue weighted by Crippen LogP contribution is -2.33. The topological polar surface area (TPSA) is 24.9 Å². The average molecular weight is 268 g/mol. The smallest absolute Gasteiger partial charge is 0.0705 e. The number of fused-ring (bicyclic) bond motifs is 1. The minimum Gasteiger partial charge on any atom is -0.308 e. The molecule has 2 unspecified atom stereocenters. The van der Waals surface area contributed by atoms with Gasteiger partial charge in [0.15, 0.2) is 0 Å². The summed E-state index contributed by atoms with van der Waals surface area (Å²) in [6.45, 7) is 3.21. The van der Waals surface area contributed by atoms with Crippen LogP contribution < -0.4 is 5.32 Å². The maximum atomic E-state index is 4.74. The molecule has 1 aromatic carbocycles. The van der Waals surface area contributed by atoms with Crippen molar-refractivity contribution in [2.45, 2.75) is 51.6 Å². The number of pyridine rings is 1. The first-order valence-electron chi connectivity index (χ1n) is 7.93. The van der Waals surface area contributed by atoms with Crippen LogP contribution in [0.4, 0.5) is 0 Å². The second-order valence-corrected chi connectivity index (χ2v) is 6.01. The number of hydrogen-bond acceptors (Lipinski definition) is 2. The van der Waals surface area contributed by atoms with Gasteiger partial charge < -0.3 is 5.32 Å². The molecule has 0 bridgehead atoms. The molecule has 1 aromatic heterocycles. The first kappa shape index (κ1) is 13.6. The van der Waals surface area contributed by atoms with Crippen LogP contribution in [0.2, 0.25) is 0 Å². The van der Waals surface area contributed by atoms with E-state index < -0.39 is 0 Å². The summed E-state index contributed by atoms with van der Waals surface area (Å²) in [5, 5.41) is 4.93. The van der Waals surface area contributed by atoms with Gasteiger partial charge in [0.05, 0.1) is 11.2 Å². The van der Waals surface area contributed by atoms with E-state index in [4.69, 9.17) is 4.98 Å². The van der Waals surface area contributed by atoms with E-state index in [1.807, 2.05) is 0 Å². The second kappa shape index (κ2) is 6.36. The highest BCUT2D eigenvalue weighted by atomic mass is 14.9. The van der Waals surface area contributed by atoms with Crippen LogP contribution in [0, 0.1) is 5.92 Å². The summed E-state index contributed by atoms with van der Waals surface area (Å²) in [6.07, 6.45) is 6.78. The largest absolute Gasteiger partial charge is 0.308 e. The van der Waals surface area contributed by atoms with Crippen LogP contribution in [0.15, 0.2) is 36.4 Å². The zero-order chi connectivity index (χ0) is 13.8. The van der Waals surface area contributed by atoms with Crippen molar-refractivity contribution in [1.82, 2.24) is 10.3 Å². The molecule has 1 N–H and O–H groups in total. The predicted octanol–water partition coefficient (Wildman–Crippen LogP) is 4.29. The fourth-order valence-electron chi connectivity index (χ4n) is 3.30. The molecule has 1 saturated carbocycles. The van der Waals surface area contributed by atoms with Gasteiger partial charge in [-0.05, 0) is 30.9 Å². The molecule has 0 amide bonds. The summed E-state index contributed by atoms with van der Waals surface area (Å²) in [5.41, 5.74) is 2.25. The van der Waals surface area contributed by atoms with Gasteiger partial charge in [-0.1, -0.05) is 50.5 Å². The first-order chi connectivity index (χ1) is 9.85. The molecule has 2 heteroatoms. The number of aromatic nitrogens is 1. The van der Waals surface area contributed by atoms with Crippen molar-refractivity contribution in [3.8, 4) is 0 Å². The van der Waals surface area contributed by atoms with E-state index in [1.54, 1.807) is 0 Å². The molecule has 2 aromatic rings. The zero-order valence-corrected chi connectivity index (χ0v) is 12.3. The molecule has 106 valence electrons. The van der Waals surface area contributed by atoms with Gasteiger partial charge in [-0.2, -0.15) is 0 Å². The fraction of sp³-hybridized carbons (Fsp3) is 0.500. The van der Waals surface area contributed by atoms with Crippen LogP contribution in [0.3, 0.4) is 0 Å². The number of rotatable bonds is 4. The van der Waals surface area contributed by atoms with Crippen LogP contribution in [0.5, 0.6) is 0 Å². The summed E-state index contributed by atoms with van der Waals surface area (Å²) in [4.78, 5) is 4.74. The third-order valence-electron chi connectivity index (χ3n) is 4.59. The normalized spacial score (nSPS) is 23.1. The Bertz CT molecular complexity index is 564. The van der Waals surface area contributed by atoms with E-state index in [2.05, 4.69) is 48.6 Å². The Morgan fingerprint density at radius 3 is 2.95 bits per heavy atom. The lowest BCUT2D eigenvalue weighted by atomic mass is 9.84. The van der Waals surface area contributed by atoms with Gasteiger partial charge in [-0.15, -0.1) is 0 Å². The number of benzene rings is 1. The minimum atomic E-state index is 0.682. The van der Waals surface area contributed by atoms with Crippen LogP contribution in [0.1, 0.15) is 44.7 Å². The minimum absolute atomic E-state index is 0.682. The summed E-state index contributed by atoms with van der Waals surface area (Å²) in [7, 11) is 0. The summed E-state index contributed by atoms with van der Waals surface area (Å²) < 4.78 is 0. The Morgan fingerprint density at radius 1 is 1.15 bits per heavy atom. The lowest BCUT2D eigenvalue weighted by molar-refractivity contribution is 0.278. The number of para-hydroxylation sites is 1. The maximum absolute atomic E-state index is 4.74. The predicted molar refractivity (Wildman–Crippen MR) is 84.6 cm³/mol. The fourth-order valence-corrected chi connectivity index (χ4v) is 3.30. The Hall–Kier alpha value is -1.41. The molecule has 1 aliphatic carbocycles. The molecule has 2 atom stereocenters. The molecule has 3 rings (SSSR count). The van der Waals surface area contributed by atoms with Crippen LogP contribution in [-0.4, -0.2) is 11.0 Å². The molecule has 0 aliphatic heterocycles. The summed E-state index contributed by atoms with van der Waals surface area (Å²) >= 11 is 0. The van der Waals surface area contributed by atoms with E-state index in [-0.39, 0.29) is 0 Å². The molecule has 1 heterocycles. The molecule has 1 fully saturated rings. The highest BCUT2D eigenvalue weighted by Gasteiger charge is 2.20. The van der Waals surface area contributed by atoms with E-state index in [0.717, 1.165) is 23.7 Å². The van der Waals surface area contributed by atoms with Crippen molar-refractivity contribution in [1.29, 1.82) is 0 Å². The van der Waals surface area contributed by atoms with Crippen molar-refractivity contribution in [2.24, 2.45) is 5.92 Å². The first-order valence-corrected chi connectivity index (χ1v) is 7.93. The van der Waals surface area contributed by atoms with Crippen LogP contribution in [0.25, 0.3) is 10.9 Å². The van der Waals surface area contributed by atoms with E-state index in [9.17, 15) is 0 Å². The van der Waals surface area contributed by atoms with Gasteiger partial charge in [0.1, 0.15) is 0 Å². The number of nitrogens with zero attached hydrogens (tertiary/aromatic N) is 1. The third kappa shape index (κ3) is 3.18. The Kier molecular flexibility index (Phi) is 4.31. The van der Waals surface area contributed by atoms with Crippen molar-refractivity contribution >= 4 is 10.9 Å². The lowest BCUT2D eigenvalue weighted by Gasteiger charge is -2.29. The van der Waals surface area contributed by atoms with Gasteiger partial charge in [-0.3, -0.25) is 4.98 Å². The molecule has 0 saturated heterocycles. The second-order valence-electron chi connectivity index (χ2n) is 6.01. The highest BCUT2D eigenvalue weighted by Crippen LogP contribution is 2.26. The van der Waals surface area contributed by atoms with Crippen LogP contribution in [-0.2, 0) is 6.54 Å². The molecular formula is C18H24N2. The quantitative estimate of drug-likeness (QED) is 0.894. The molecule has 2 nitrogen and oxygen atoms in total. The number of nitrogens with one attached hydrogen (secondary N) is 1. The monoisotopic (exact) mass is 268 g/mol. The summed E-state index contributed by atoms with van der Waals surface area (Å²) in [6, 6.07) is 13.3. The Balaban J connectivity index is 1.61. The van der Waals surface area contributed by atoms with Gasteiger partial charge in [0.2, 0.25) is 0 Å². The molecular weight excluding hydrogens is 244 g/mol. The van der Waals surface area contributed by atoms with Crippen molar-refractivity contribution in [2.75, 3.05) is 0 Å². The molecule has 1 aliphatic rings. The van der Waals surface area contributed by atoms with Crippen LogP contribution >= 0.6 is 0 Å². The molecule has 20 heavy (non-hydrogen) atoms. The Morgan fingerprint density at radius 2 is 2.05 bits per heavy atom. The van der Waals surface area contributed by atoms with E-state index >= 15 is 0 Å². The Labute approximate surface area is 121 Å². The van der Waals surface area contributed by atoms with Gasteiger partial charge in [0.25, 0.3) is 0 Å². The van der Waals surface area contributed by atoms with E-state index in [1.165, 1.54) is 37.5 Å². The van der Waals surface area contributed by atoms with Crippen molar-refractivity contribution in [3.63, 3.8) is 0 Å². The van der Waals surface area contributed by atoms with Gasteiger partial charge in [-0.25, -0.2) is 0 Å². The van der Waals surface area contributed by atoms with E-state index in [0.29, 0.717) is 6.04 Å². The average Bonchev–Trinajstić information content (AvgIpc) is 2.53. The summed E-state index contributed by atoms with van der Waals surface area (Å²) in [5.74, 6) is 0.922. The SMILES string of the molecule is CCC1CCCC(NCc2ccc3ccccc3n2)C1. The molecule has 0 radical (unpaired) electrons. The highest BCUT2D eigenvalue weighted by molar-refractivity contribution is 5.78. The number of hydrogen-bond donors (Lipinski definition) is 1. The maximum Gasteiger partial charge on any atom is 0.0705 e. The van der Waals surface area contributed by atoms with Gasteiger partial charge in [0, 0.05) is 18.0 Å². The third-order valence-corrected chi connectivity index (χ3v) is 4.59. The van der Waals surface area contributed by atoms with Crippen molar-refractivity contribution in [3.05, 3.63) is 42.1 Å². The zero-order valence-electron chi connectivity index (χ0n) is 12.3. The molecule has 0 spiro atoms.